The molecule has 0 saturated carbocycles. The molecule has 0 spiro atoms. The standard InChI is InChI=1S/C13H17N3O2/c1-4-9(2)16-12(5-7-14-16)15-13(17)11-6-8-18-10(11)3/h5-9H,4H2,1-3H3,(H,15,17). The normalized spacial score (nSPS) is 12.4. The Balaban J connectivity index is 2.18. The Hall–Kier alpha value is -2.04. The molecule has 1 N–H and O–H groups in total. The van der Waals surface area contributed by atoms with Crippen molar-refractivity contribution in [1.29, 1.82) is 0 Å². The number of hydrogen-bond donors (Lipinski definition) is 1. The van der Waals surface area contributed by atoms with Gasteiger partial charge >= 0.3 is 0 Å². The van der Waals surface area contributed by atoms with Gasteiger partial charge in [-0.15, -0.1) is 0 Å². The average Bonchev–Trinajstić information content (AvgIpc) is 2.97. The zero-order chi connectivity index (χ0) is 13.1. The van der Waals surface area contributed by atoms with Crippen LogP contribution in [-0.4, -0.2) is 15.7 Å². The minimum absolute atomic E-state index is 0.175. The number of amides is 1. The maximum absolute atomic E-state index is 12.0. The molecule has 18 heavy (non-hydrogen) atoms. The predicted molar refractivity (Wildman–Crippen MR) is 68.6 cm³/mol. The quantitative estimate of drug-likeness (QED) is 0.903. The summed E-state index contributed by atoms with van der Waals surface area (Å²) in [5.41, 5.74) is 0.548. The first-order valence-corrected chi connectivity index (χ1v) is 6.02. The van der Waals surface area contributed by atoms with Gasteiger partial charge in [-0.05, 0) is 26.3 Å². The lowest BCUT2D eigenvalue weighted by Crippen LogP contribution is -2.17. The molecule has 1 atom stereocenters. The third kappa shape index (κ3) is 2.30. The Bertz CT molecular complexity index is 542. The smallest absolute Gasteiger partial charge is 0.260 e. The maximum Gasteiger partial charge on any atom is 0.260 e. The molecular formula is C13H17N3O2. The van der Waals surface area contributed by atoms with Crippen LogP contribution in [0.4, 0.5) is 5.82 Å². The first-order valence-electron chi connectivity index (χ1n) is 6.02. The van der Waals surface area contributed by atoms with Crippen molar-refractivity contribution in [2.24, 2.45) is 0 Å². The highest BCUT2D eigenvalue weighted by Crippen LogP contribution is 2.18. The van der Waals surface area contributed by atoms with Crippen LogP contribution in [0.3, 0.4) is 0 Å². The number of nitrogens with one attached hydrogen (secondary N) is 1. The summed E-state index contributed by atoms with van der Waals surface area (Å²) >= 11 is 0. The van der Waals surface area contributed by atoms with E-state index >= 15 is 0 Å². The first kappa shape index (κ1) is 12.4. The summed E-state index contributed by atoms with van der Waals surface area (Å²) in [6.07, 6.45) is 4.15. The molecule has 0 aromatic carbocycles. The van der Waals surface area contributed by atoms with Gasteiger partial charge in [-0.1, -0.05) is 6.92 Å². The van der Waals surface area contributed by atoms with Gasteiger partial charge in [0, 0.05) is 6.07 Å². The van der Waals surface area contributed by atoms with Gasteiger partial charge in [0.15, 0.2) is 0 Å². The predicted octanol–water partition coefficient (Wildman–Crippen LogP) is 3.01. The maximum atomic E-state index is 12.0. The fraction of sp³-hybridized carbons (Fsp3) is 0.385. The van der Waals surface area contributed by atoms with Gasteiger partial charge in [0.05, 0.1) is 24.1 Å². The van der Waals surface area contributed by atoms with Crippen molar-refractivity contribution in [2.75, 3.05) is 5.32 Å². The van der Waals surface area contributed by atoms with Crippen LogP contribution in [0.15, 0.2) is 29.0 Å². The summed E-state index contributed by atoms with van der Waals surface area (Å²) in [4.78, 5) is 12.0. The molecule has 2 aromatic heterocycles. The van der Waals surface area contributed by atoms with Gasteiger partial charge in [-0.2, -0.15) is 5.10 Å². The second-order valence-electron chi connectivity index (χ2n) is 4.26. The number of carbonyl (C=O) groups is 1. The summed E-state index contributed by atoms with van der Waals surface area (Å²) in [6.45, 7) is 5.91. The molecule has 5 heteroatoms. The van der Waals surface area contributed by atoms with E-state index in [-0.39, 0.29) is 11.9 Å². The van der Waals surface area contributed by atoms with Crippen molar-refractivity contribution >= 4 is 11.7 Å². The Labute approximate surface area is 106 Å². The summed E-state index contributed by atoms with van der Waals surface area (Å²) in [5.74, 6) is 1.14. The van der Waals surface area contributed by atoms with Gasteiger partial charge < -0.3 is 9.73 Å². The van der Waals surface area contributed by atoms with Gasteiger partial charge in [-0.3, -0.25) is 4.79 Å². The topological polar surface area (TPSA) is 60.1 Å². The molecule has 2 rings (SSSR count). The van der Waals surface area contributed by atoms with E-state index in [1.54, 1.807) is 25.3 Å². The Morgan fingerprint density at radius 3 is 2.94 bits per heavy atom. The van der Waals surface area contributed by atoms with E-state index in [1.807, 2.05) is 4.68 Å². The minimum Gasteiger partial charge on any atom is -0.469 e. The van der Waals surface area contributed by atoms with Crippen molar-refractivity contribution in [3.05, 3.63) is 35.9 Å². The number of carbonyl (C=O) groups excluding carboxylic acids is 1. The van der Waals surface area contributed by atoms with E-state index in [4.69, 9.17) is 4.42 Å². The second-order valence-corrected chi connectivity index (χ2v) is 4.26. The molecule has 5 nitrogen and oxygen atoms in total. The highest BCUT2D eigenvalue weighted by atomic mass is 16.3. The van der Waals surface area contributed by atoms with Crippen LogP contribution in [0.2, 0.25) is 0 Å². The summed E-state index contributed by atoms with van der Waals surface area (Å²) < 4.78 is 6.93. The number of furan rings is 1. The molecular weight excluding hydrogens is 230 g/mol. The van der Waals surface area contributed by atoms with Crippen molar-refractivity contribution in [1.82, 2.24) is 9.78 Å². The van der Waals surface area contributed by atoms with E-state index < -0.39 is 0 Å². The molecule has 1 amide bonds. The van der Waals surface area contributed by atoms with Crippen molar-refractivity contribution in [2.45, 2.75) is 33.2 Å². The van der Waals surface area contributed by atoms with Crippen LogP contribution in [0.1, 0.15) is 42.4 Å². The molecule has 0 aliphatic carbocycles. The fourth-order valence-corrected chi connectivity index (χ4v) is 1.74. The number of aromatic nitrogens is 2. The van der Waals surface area contributed by atoms with E-state index in [9.17, 15) is 4.79 Å². The van der Waals surface area contributed by atoms with Crippen LogP contribution in [0.25, 0.3) is 0 Å². The second kappa shape index (κ2) is 5.08. The molecule has 2 heterocycles. The number of hydrogen-bond acceptors (Lipinski definition) is 3. The van der Waals surface area contributed by atoms with E-state index in [1.165, 1.54) is 6.26 Å². The lowest BCUT2D eigenvalue weighted by atomic mass is 10.2. The first-order chi connectivity index (χ1) is 8.63. The molecule has 0 saturated heterocycles. The fourth-order valence-electron chi connectivity index (χ4n) is 1.74. The van der Waals surface area contributed by atoms with E-state index in [0.29, 0.717) is 17.1 Å². The summed E-state index contributed by atoms with van der Waals surface area (Å²) in [7, 11) is 0. The van der Waals surface area contributed by atoms with Crippen LogP contribution in [0, 0.1) is 6.92 Å². The number of anilines is 1. The molecule has 0 fully saturated rings. The van der Waals surface area contributed by atoms with Gasteiger partial charge in [0.25, 0.3) is 5.91 Å². The SMILES string of the molecule is CCC(C)n1nccc1NC(=O)c1ccoc1C. The lowest BCUT2D eigenvalue weighted by Gasteiger charge is -2.13. The monoisotopic (exact) mass is 247 g/mol. The number of aryl methyl sites for hydroxylation is 1. The Morgan fingerprint density at radius 2 is 2.33 bits per heavy atom. The number of rotatable bonds is 4. The Kier molecular flexibility index (Phi) is 3.50. The van der Waals surface area contributed by atoms with Gasteiger partial charge in [-0.25, -0.2) is 4.68 Å². The zero-order valence-electron chi connectivity index (χ0n) is 10.8. The lowest BCUT2D eigenvalue weighted by molar-refractivity contribution is 0.102. The molecule has 1 unspecified atom stereocenters. The van der Waals surface area contributed by atoms with Crippen molar-refractivity contribution in [3.63, 3.8) is 0 Å². The van der Waals surface area contributed by atoms with Crippen LogP contribution < -0.4 is 5.32 Å². The molecule has 2 aromatic rings. The summed E-state index contributed by atoms with van der Waals surface area (Å²) in [6, 6.07) is 3.70. The van der Waals surface area contributed by atoms with Crippen LogP contribution in [0.5, 0.6) is 0 Å². The molecule has 0 bridgehead atoms. The zero-order valence-corrected chi connectivity index (χ0v) is 10.8. The van der Waals surface area contributed by atoms with Crippen molar-refractivity contribution < 1.29 is 9.21 Å². The number of nitrogens with zero attached hydrogens (tertiary/aromatic N) is 2. The molecule has 0 aliphatic rings. The summed E-state index contributed by atoms with van der Waals surface area (Å²) in [5, 5.41) is 7.07. The average molecular weight is 247 g/mol. The van der Waals surface area contributed by atoms with Crippen LogP contribution in [-0.2, 0) is 0 Å². The minimum atomic E-state index is -0.175. The van der Waals surface area contributed by atoms with Gasteiger partial charge in [0.1, 0.15) is 11.6 Å². The van der Waals surface area contributed by atoms with Crippen LogP contribution >= 0.6 is 0 Å². The van der Waals surface area contributed by atoms with E-state index in [2.05, 4.69) is 24.3 Å². The van der Waals surface area contributed by atoms with E-state index in [0.717, 1.165) is 6.42 Å². The highest BCUT2D eigenvalue weighted by molar-refractivity contribution is 6.04. The molecule has 0 radical (unpaired) electrons. The third-order valence-electron chi connectivity index (χ3n) is 3.02. The molecule has 0 aliphatic heterocycles. The van der Waals surface area contributed by atoms with Gasteiger partial charge in [0.2, 0.25) is 0 Å². The highest BCUT2D eigenvalue weighted by Gasteiger charge is 2.15. The van der Waals surface area contributed by atoms with Crippen molar-refractivity contribution in [3.8, 4) is 0 Å². The molecule has 96 valence electrons. The Morgan fingerprint density at radius 1 is 1.56 bits per heavy atom. The largest absolute Gasteiger partial charge is 0.469 e. The third-order valence-corrected chi connectivity index (χ3v) is 3.02.